The van der Waals surface area contributed by atoms with Gasteiger partial charge in [-0.1, -0.05) is 5.16 Å². The second kappa shape index (κ2) is 5.97. The van der Waals surface area contributed by atoms with Gasteiger partial charge in [0.2, 0.25) is 0 Å². The minimum absolute atomic E-state index is 0.269. The zero-order valence-electron chi connectivity index (χ0n) is 12.7. The molecule has 0 spiro atoms. The lowest BCUT2D eigenvalue weighted by Crippen LogP contribution is -2.45. The number of hydrogen-bond acceptors (Lipinski definition) is 4. The van der Waals surface area contributed by atoms with E-state index in [2.05, 4.69) is 15.4 Å². The van der Waals surface area contributed by atoms with Crippen LogP contribution in [0.1, 0.15) is 37.3 Å². The highest BCUT2D eigenvalue weighted by molar-refractivity contribution is 5.79. The van der Waals surface area contributed by atoms with E-state index in [0.717, 1.165) is 43.1 Å². The molecule has 0 aliphatic carbocycles. The van der Waals surface area contributed by atoms with Crippen molar-refractivity contribution in [2.24, 2.45) is 0 Å². The summed E-state index contributed by atoms with van der Waals surface area (Å²) in [5, 5.41) is 8.64. The van der Waals surface area contributed by atoms with E-state index in [-0.39, 0.29) is 5.82 Å². The molecule has 0 amide bonds. The number of likely N-dealkylation sites (tertiary alicyclic amines) is 1. The molecule has 22 heavy (non-hydrogen) atoms. The van der Waals surface area contributed by atoms with Crippen molar-refractivity contribution >= 4 is 11.0 Å². The van der Waals surface area contributed by atoms with Gasteiger partial charge in [0.05, 0.1) is 5.69 Å². The molecule has 3 heterocycles. The SMILES string of the molecule is Fc1ccc2c(C3CCN(CC[C@@H]4CCN4)CC3)noc2c1. The first-order valence-corrected chi connectivity index (χ1v) is 8.30. The maximum absolute atomic E-state index is 13.2. The van der Waals surface area contributed by atoms with Crippen LogP contribution in [-0.4, -0.2) is 42.3 Å². The predicted octanol–water partition coefficient (Wildman–Crippen LogP) is 2.90. The van der Waals surface area contributed by atoms with E-state index < -0.39 is 0 Å². The van der Waals surface area contributed by atoms with Crippen LogP contribution in [0.25, 0.3) is 11.0 Å². The third kappa shape index (κ3) is 2.75. The average molecular weight is 303 g/mol. The van der Waals surface area contributed by atoms with Crippen LogP contribution in [-0.2, 0) is 0 Å². The molecule has 2 aromatic rings. The molecule has 2 fully saturated rings. The Labute approximate surface area is 129 Å². The van der Waals surface area contributed by atoms with Crippen LogP contribution < -0.4 is 5.32 Å². The van der Waals surface area contributed by atoms with Crippen LogP contribution in [0.3, 0.4) is 0 Å². The van der Waals surface area contributed by atoms with Gasteiger partial charge in [-0.25, -0.2) is 4.39 Å². The molecule has 1 aromatic heterocycles. The first-order chi connectivity index (χ1) is 10.8. The summed E-state index contributed by atoms with van der Waals surface area (Å²) < 4.78 is 18.5. The third-order valence-electron chi connectivity index (χ3n) is 5.16. The molecule has 4 nitrogen and oxygen atoms in total. The number of piperidine rings is 1. The van der Waals surface area contributed by atoms with Crippen molar-refractivity contribution in [2.75, 3.05) is 26.2 Å². The van der Waals surface area contributed by atoms with Gasteiger partial charge in [-0.05, 0) is 64.0 Å². The first kappa shape index (κ1) is 14.2. The zero-order valence-corrected chi connectivity index (χ0v) is 12.7. The van der Waals surface area contributed by atoms with Crippen molar-refractivity contribution in [3.8, 4) is 0 Å². The van der Waals surface area contributed by atoms with Crippen LogP contribution in [0.2, 0.25) is 0 Å². The summed E-state index contributed by atoms with van der Waals surface area (Å²) in [6.45, 7) is 4.61. The number of fused-ring (bicyclic) bond motifs is 1. The summed E-state index contributed by atoms with van der Waals surface area (Å²) in [6, 6.07) is 5.45. The van der Waals surface area contributed by atoms with E-state index in [1.54, 1.807) is 6.07 Å². The van der Waals surface area contributed by atoms with Gasteiger partial charge in [-0.2, -0.15) is 0 Å². The fourth-order valence-corrected chi connectivity index (χ4v) is 3.59. The van der Waals surface area contributed by atoms with Crippen LogP contribution in [0, 0.1) is 5.82 Å². The molecule has 2 aliphatic rings. The summed E-state index contributed by atoms with van der Waals surface area (Å²) in [5.41, 5.74) is 1.57. The van der Waals surface area contributed by atoms with E-state index in [0.29, 0.717) is 11.5 Å². The molecule has 1 N–H and O–H groups in total. The Morgan fingerprint density at radius 2 is 2.09 bits per heavy atom. The predicted molar refractivity (Wildman–Crippen MR) is 83.4 cm³/mol. The lowest BCUT2D eigenvalue weighted by Gasteiger charge is -2.34. The number of nitrogens with one attached hydrogen (secondary N) is 1. The van der Waals surface area contributed by atoms with Gasteiger partial charge in [0.25, 0.3) is 0 Å². The monoisotopic (exact) mass is 303 g/mol. The van der Waals surface area contributed by atoms with E-state index in [4.69, 9.17) is 4.52 Å². The van der Waals surface area contributed by atoms with E-state index >= 15 is 0 Å². The molecule has 1 aromatic carbocycles. The first-order valence-electron chi connectivity index (χ1n) is 8.30. The maximum Gasteiger partial charge on any atom is 0.170 e. The van der Waals surface area contributed by atoms with Crippen molar-refractivity contribution in [3.63, 3.8) is 0 Å². The normalized spacial score (nSPS) is 23.8. The highest BCUT2D eigenvalue weighted by Crippen LogP contribution is 2.32. The Kier molecular flexibility index (Phi) is 3.84. The van der Waals surface area contributed by atoms with Gasteiger partial charge < -0.3 is 14.7 Å². The molecule has 0 bridgehead atoms. The molecule has 4 rings (SSSR count). The van der Waals surface area contributed by atoms with Crippen molar-refractivity contribution in [1.82, 2.24) is 15.4 Å². The van der Waals surface area contributed by atoms with Crippen molar-refractivity contribution in [2.45, 2.75) is 37.6 Å². The molecule has 0 saturated carbocycles. The molecule has 2 aliphatic heterocycles. The number of halogens is 1. The molecular weight excluding hydrogens is 281 g/mol. The van der Waals surface area contributed by atoms with Crippen molar-refractivity contribution < 1.29 is 8.91 Å². The van der Waals surface area contributed by atoms with Gasteiger partial charge in [0.1, 0.15) is 5.82 Å². The lowest BCUT2D eigenvalue weighted by molar-refractivity contribution is 0.189. The Balaban J connectivity index is 1.37. The summed E-state index contributed by atoms with van der Waals surface area (Å²) >= 11 is 0. The largest absolute Gasteiger partial charge is 0.356 e. The molecule has 1 atom stereocenters. The minimum atomic E-state index is -0.269. The summed E-state index contributed by atoms with van der Waals surface area (Å²) in [6.07, 6.45) is 4.81. The molecular formula is C17H22FN3O. The van der Waals surface area contributed by atoms with Gasteiger partial charge in [0.15, 0.2) is 5.58 Å². The van der Waals surface area contributed by atoms with E-state index in [1.807, 2.05) is 0 Å². The fraction of sp³-hybridized carbons (Fsp3) is 0.588. The Hall–Kier alpha value is -1.46. The standard InChI is InChI=1S/C17H22FN3O/c18-13-1-2-15-16(11-13)22-20-17(15)12-4-8-21(9-5-12)10-6-14-3-7-19-14/h1-2,11-12,14,19H,3-10H2/t14-/m0/s1. The average Bonchev–Trinajstić information content (AvgIpc) is 2.89. The van der Waals surface area contributed by atoms with Gasteiger partial charge in [-0.3, -0.25) is 0 Å². The smallest absolute Gasteiger partial charge is 0.170 e. The summed E-state index contributed by atoms with van der Waals surface area (Å²) in [5.74, 6) is 0.166. The van der Waals surface area contributed by atoms with Crippen LogP contribution in [0.5, 0.6) is 0 Å². The number of aromatic nitrogens is 1. The summed E-state index contributed by atoms with van der Waals surface area (Å²) in [4.78, 5) is 2.55. The molecule has 0 radical (unpaired) electrons. The molecule has 2 saturated heterocycles. The number of hydrogen-bond donors (Lipinski definition) is 1. The Morgan fingerprint density at radius 3 is 2.82 bits per heavy atom. The Bertz CT molecular complexity index is 644. The third-order valence-corrected chi connectivity index (χ3v) is 5.16. The highest BCUT2D eigenvalue weighted by Gasteiger charge is 2.26. The molecule has 5 heteroatoms. The minimum Gasteiger partial charge on any atom is -0.356 e. The quantitative estimate of drug-likeness (QED) is 0.943. The second-order valence-corrected chi connectivity index (χ2v) is 6.55. The highest BCUT2D eigenvalue weighted by atomic mass is 19.1. The number of nitrogens with zero attached hydrogens (tertiary/aromatic N) is 2. The van der Waals surface area contributed by atoms with Crippen molar-refractivity contribution in [1.29, 1.82) is 0 Å². The topological polar surface area (TPSA) is 41.3 Å². The molecule has 0 unspecified atom stereocenters. The second-order valence-electron chi connectivity index (χ2n) is 6.55. The van der Waals surface area contributed by atoms with Gasteiger partial charge in [-0.15, -0.1) is 0 Å². The van der Waals surface area contributed by atoms with Crippen molar-refractivity contribution in [3.05, 3.63) is 29.7 Å². The maximum atomic E-state index is 13.2. The summed E-state index contributed by atoms with van der Waals surface area (Å²) in [7, 11) is 0. The fourth-order valence-electron chi connectivity index (χ4n) is 3.59. The lowest BCUT2D eigenvalue weighted by atomic mass is 9.91. The molecule has 118 valence electrons. The van der Waals surface area contributed by atoms with Gasteiger partial charge >= 0.3 is 0 Å². The van der Waals surface area contributed by atoms with Crippen LogP contribution >= 0.6 is 0 Å². The Morgan fingerprint density at radius 1 is 1.27 bits per heavy atom. The van der Waals surface area contributed by atoms with E-state index in [1.165, 1.54) is 38.1 Å². The van der Waals surface area contributed by atoms with E-state index in [9.17, 15) is 4.39 Å². The van der Waals surface area contributed by atoms with Crippen LogP contribution in [0.4, 0.5) is 4.39 Å². The van der Waals surface area contributed by atoms with Crippen LogP contribution in [0.15, 0.2) is 22.7 Å². The zero-order chi connectivity index (χ0) is 14.9. The number of benzene rings is 1. The van der Waals surface area contributed by atoms with Gasteiger partial charge in [0, 0.05) is 23.4 Å². The number of rotatable bonds is 4.